The van der Waals surface area contributed by atoms with Crippen molar-refractivity contribution in [3.8, 4) is 5.75 Å². The lowest BCUT2D eigenvalue weighted by molar-refractivity contribution is -0.385. The van der Waals surface area contributed by atoms with Crippen molar-refractivity contribution in [2.75, 3.05) is 12.0 Å². The van der Waals surface area contributed by atoms with E-state index < -0.39 is 9.85 Å². The molecular formula is C26H25N3O6. The number of non-ortho nitro benzene ring substituents is 2. The lowest BCUT2D eigenvalue weighted by atomic mass is 9.77. The zero-order chi connectivity index (χ0) is 25.1. The molecule has 1 aliphatic rings. The van der Waals surface area contributed by atoms with Crippen LogP contribution in [-0.2, 0) is 4.79 Å². The van der Waals surface area contributed by atoms with Crippen LogP contribution in [0.3, 0.4) is 0 Å². The number of Topliss-reactive ketones (excluding diaryl/α,β-unsaturated/α-hetero) is 1. The van der Waals surface area contributed by atoms with E-state index in [4.69, 9.17) is 4.74 Å². The fraction of sp³-hybridized carbons (Fsp3) is 0.269. The van der Waals surface area contributed by atoms with Gasteiger partial charge in [0.15, 0.2) is 0 Å². The second kappa shape index (κ2) is 9.92. The summed E-state index contributed by atoms with van der Waals surface area (Å²) < 4.78 is 5.31. The number of ketones is 1. The van der Waals surface area contributed by atoms with E-state index in [0.29, 0.717) is 12.2 Å². The van der Waals surface area contributed by atoms with Gasteiger partial charge in [-0.1, -0.05) is 31.2 Å². The number of hydrogen-bond donors (Lipinski definition) is 0. The first-order chi connectivity index (χ1) is 16.8. The third-order valence-corrected chi connectivity index (χ3v) is 6.57. The molecule has 0 unspecified atom stereocenters. The minimum atomic E-state index is -0.455. The first-order valence-electron chi connectivity index (χ1n) is 11.3. The number of piperidine rings is 1. The Hall–Kier alpha value is -4.27. The molecule has 35 heavy (non-hydrogen) atoms. The Morgan fingerprint density at radius 2 is 1.37 bits per heavy atom. The first-order valence-corrected chi connectivity index (χ1v) is 11.3. The molecule has 3 aromatic carbocycles. The molecule has 9 nitrogen and oxygen atoms in total. The van der Waals surface area contributed by atoms with E-state index in [0.717, 1.165) is 16.8 Å². The van der Waals surface area contributed by atoms with Gasteiger partial charge in [0.1, 0.15) is 11.5 Å². The minimum absolute atomic E-state index is 0.0214. The molecule has 0 amide bonds. The van der Waals surface area contributed by atoms with Gasteiger partial charge in [-0.15, -0.1) is 0 Å². The van der Waals surface area contributed by atoms with Gasteiger partial charge >= 0.3 is 0 Å². The maximum absolute atomic E-state index is 13.4. The van der Waals surface area contributed by atoms with Crippen molar-refractivity contribution < 1.29 is 19.4 Å². The standard InChI is InChI=1S/C26H25N3O6/c1-3-23-25(30)16-24(17-4-8-20(9-5-17)28(31)32)27(19-12-14-22(35-2)15-13-19)26(23)18-6-10-21(11-7-18)29(33)34/h4-15,23-24,26H,3,16H2,1-2H3/t23-,24+,26+/m0/s1. The molecule has 1 heterocycles. The summed E-state index contributed by atoms with van der Waals surface area (Å²) in [4.78, 5) is 37.0. The number of carbonyl (C=O) groups excluding carboxylic acids is 1. The fourth-order valence-corrected chi connectivity index (χ4v) is 4.83. The lowest BCUT2D eigenvalue weighted by Crippen LogP contribution is -2.45. The number of nitro benzene ring substituents is 2. The second-order valence-electron chi connectivity index (χ2n) is 8.45. The lowest BCUT2D eigenvalue weighted by Gasteiger charge is -2.47. The van der Waals surface area contributed by atoms with Gasteiger partial charge in [0, 0.05) is 42.3 Å². The van der Waals surface area contributed by atoms with Crippen LogP contribution in [0.25, 0.3) is 0 Å². The van der Waals surface area contributed by atoms with E-state index in [1.165, 1.54) is 24.3 Å². The predicted molar refractivity (Wildman–Crippen MR) is 131 cm³/mol. The molecular weight excluding hydrogens is 450 g/mol. The van der Waals surface area contributed by atoms with Crippen LogP contribution < -0.4 is 9.64 Å². The Morgan fingerprint density at radius 3 is 1.83 bits per heavy atom. The molecule has 0 bridgehead atoms. The van der Waals surface area contributed by atoms with Crippen molar-refractivity contribution in [2.45, 2.75) is 31.8 Å². The smallest absolute Gasteiger partial charge is 0.269 e. The SMILES string of the molecule is CC[C@H]1C(=O)C[C@H](c2ccc([N+](=O)[O-])cc2)N(c2ccc(OC)cc2)[C@@H]1c1ccc([N+](=O)[O-])cc1. The minimum Gasteiger partial charge on any atom is -0.497 e. The molecule has 3 atom stereocenters. The highest BCUT2D eigenvalue weighted by Crippen LogP contribution is 2.47. The Balaban J connectivity index is 1.86. The van der Waals surface area contributed by atoms with Crippen LogP contribution in [0.4, 0.5) is 17.1 Å². The molecule has 180 valence electrons. The maximum Gasteiger partial charge on any atom is 0.269 e. The average Bonchev–Trinajstić information content (AvgIpc) is 2.88. The summed E-state index contributed by atoms with van der Waals surface area (Å²) in [5.41, 5.74) is 2.38. The van der Waals surface area contributed by atoms with Gasteiger partial charge in [-0.05, 0) is 41.8 Å². The Kier molecular flexibility index (Phi) is 6.77. The van der Waals surface area contributed by atoms with Gasteiger partial charge in [0.05, 0.1) is 29.0 Å². The number of hydrogen-bond acceptors (Lipinski definition) is 7. The molecule has 0 radical (unpaired) electrons. The number of nitrogens with zero attached hydrogens (tertiary/aromatic N) is 3. The van der Waals surface area contributed by atoms with Crippen LogP contribution in [0.1, 0.15) is 43.0 Å². The van der Waals surface area contributed by atoms with Crippen molar-refractivity contribution in [3.05, 3.63) is 104 Å². The van der Waals surface area contributed by atoms with Crippen LogP contribution in [0, 0.1) is 26.1 Å². The van der Waals surface area contributed by atoms with E-state index in [1.54, 1.807) is 31.4 Å². The Labute approximate surface area is 202 Å². The van der Waals surface area contributed by atoms with Crippen molar-refractivity contribution in [2.24, 2.45) is 5.92 Å². The van der Waals surface area contributed by atoms with Crippen LogP contribution in [0.2, 0.25) is 0 Å². The highest BCUT2D eigenvalue weighted by Gasteiger charge is 2.43. The zero-order valence-corrected chi connectivity index (χ0v) is 19.4. The average molecular weight is 476 g/mol. The summed E-state index contributed by atoms with van der Waals surface area (Å²) in [5.74, 6) is 0.449. The molecule has 0 N–H and O–H groups in total. The molecule has 0 spiro atoms. The van der Waals surface area contributed by atoms with Crippen LogP contribution in [-0.4, -0.2) is 22.7 Å². The normalized spacial score (nSPS) is 19.9. The number of carbonyl (C=O) groups is 1. The van der Waals surface area contributed by atoms with E-state index >= 15 is 0 Å². The summed E-state index contributed by atoms with van der Waals surface area (Å²) in [6, 6.07) is 19.3. The Morgan fingerprint density at radius 1 is 0.857 bits per heavy atom. The summed E-state index contributed by atoms with van der Waals surface area (Å²) in [6.07, 6.45) is 0.839. The monoisotopic (exact) mass is 475 g/mol. The molecule has 0 aliphatic carbocycles. The highest BCUT2D eigenvalue weighted by molar-refractivity contribution is 5.86. The summed E-state index contributed by atoms with van der Waals surface area (Å²) in [7, 11) is 1.58. The third-order valence-electron chi connectivity index (χ3n) is 6.57. The molecule has 1 aliphatic heterocycles. The van der Waals surface area contributed by atoms with Crippen molar-refractivity contribution >= 4 is 22.8 Å². The first kappa shape index (κ1) is 23.9. The number of methoxy groups -OCH3 is 1. The van der Waals surface area contributed by atoms with E-state index in [9.17, 15) is 25.0 Å². The van der Waals surface area contributed by atoms with Gasteiger partial charge in [-0.3, -0.25) is 25.0 Å². The molecule has 9 heteroatoms. The number of rotatable bonds is 7. The summed E-state index contributed by atoms with van der Waals surface area (Å²) in [6.45, 7) is 1.96. The van der Waals surface area contributed by atoms with Gasteiger partial charge in [-0.25, -0.2) is 0 Å². The largest absolute Gasteiger partial charge is 0.497 e. The maximum atomic E-state index is 13.4. The molecule has 4 rings (SSSR count). The van der Waals surface area contributed by atoms with Crippen molar-refractivity contribution in [1.82, 2.24) is 0 Å². The Bertz CT molecular complexity index is 1230. The van der Waals surface area contributed by atoms with Gasteiger partial charge in [-0.2, -0.15) is 0 Å². The topological polar surface area (TPSA) is 116 Å². The number of ether oxygens (including phenoxy) is 1. The van der Waals surface area contributed by atoms with E-state index in [2.05, 4.69) is 4.90 Å². The van der Waals surface area contributed by atoms with Crippen LogP contribution in [0.15, 0.2) is 72.8 Å². The predicted octanol–water partition coefficient (Wildman–Crippen LogP) is 5.80. The van der Waals surface area contributed by atoms with Gasteiger partial charge in [0.25, 0.3) is 11.4 Å². The van der Waals surface area contributed by atoms with Gasteiger partial charge in [0.2, 0.25) is 0 Å². The second-order valence-corrected chi connectivity index (χ2v) is 8.45. The molecule has 1 saturated heterocycles. The summed E-state index contributed by atoms with van der Waals surface area (Å²) in [5, 5.41) is 22.4. The molecule has 0 aromatic heterocycles. The van der Waals surface area contributed by atoms with E-state index in [1.807, 2.05) is 31.2 Å². The van der Waals surface area contributed by atoms with Crippen LogP contribution >= 0.6 is 0 Å². The van der Waals surface area contributed by atoms with Crippen molar-refractivity contribution in [1.29, 1.82) is 0 Å². The summed E-state index contributed by atoms with van der Waals surface area (Å²) >= 11 is 0. The number of benzene rings is 3. The molecule has 0 saturated carbocycles. The third kappa shape index (κ3) is 4.70. The molecule has 1 fully saturated rings. The highest BCUT2D eigenvalue weighted by atomic mass is 16.6. The number of anilines is 1. The van der Waals surface area contributed by atoms with Crippen LogP contribution in [0.5, 0.6) is 5.75 Å². The number of nitro groups is 2. The zero-order valence-electron chi connectivity index (χ0n) is 19.4. The van der Waals surface area contributed by atoms with Gasteiger partial charge < -0.3 is 9.64 Å². The quantitative estimate of drug-likeness (QED) is 0.313. The van der Waals surface area contributed by atoms with E-state index in [-0.39, 0.29) is 41.6 Å². The molecule has 3 aromatic rings. The van der Waals surface area contributed by atoms with Crippen molar-refractivity contribution in [3.63, 3.8) is 0 Å². The fourth-order valence-electron chi connectivity index (χ4n) is 4.83.